The van der Waals surface area contributed by atoms with Crippen molar-refractivity contribution in [2.24, 2.45) is 5.10 Å². The van der Waals surface area contributed by atoms with Crippen molar-refractivity contribution in [1.29, 1.82) is 0 Å². The number of halogens is 2. The van der Waals surface area contributed by atoms with Gasteiger partial charge in [-0.1, -0.05) is 23.2 Å². The highest BCUT2D eigenvalue weighted by molar-refractivity contribution is 7.80. The van der Waals surface area contributed by atoms with E-state index in [0.29, 0.717) is 26.6 Å². The van der Waals surface area contributed by atoms with Crippen LogP contribution in [0.1, 0.15) is 12.5 Å². The van der Waals surface area contributed by atoms with E-state index in [0.717, 1.165) is 12.1 Å². The van der Waals surface area contributed by atoms with E-state index in [9.17, 15) is 0 Å². The number of benzene rings is 1. The van der Waals surface area contributed by atoms with E-state index in [1.807, 2.05) is 11.9 Å². The molecular weight excluding hydrogens is 331 g/mol. The number of aromatic nitrogens is 2. The fourth-order valence-corrected chi connectivity index (χ4v) is 2.69. The highest BCUT2D eigenvalue weighted by Crippen LogP contribution is 2.28. The average Bonchev–Trinajstić information content (AvgIpc) is 3.07. The van der Waals surface area contributed by atoms with Crippen molar-refractivity contribution in [3.8, 4) is 5.69 Å². The number of thiol groups is 1. The van der Waals surface area contributed by atoms with E-state index in [2.05, 4.69) is 33.9 Å². The molecule has 2 heterocycles. The third-order valence-electron chi connectivity index (χ3n) is 3.04. The van der Waals surface area contributed by atoms with Gasteiger partial charge in [0.05, 0.1) is 22.5 Å². The zero-order valence-electron chi connectivity index (χ0n) is 11.0. The first-order chi connectivity index (χ1) is 10.1. The van der Waals surface area contributed by atoms with Gasteiger partial charge in [-0.25, -0.2) is 10.2 Å². The molecule has 1 aliphatic rings. The van der Waals surface area contributed by atoms with Gasteiger partial charge in [-0.2, -0.15) is 5.10 Å². The molecule has 0 saturated carbocycles. The zero-order valence-corrected chi connectivity index (χ0v) is 13.4. The lowest BCUT2D eigenvalue weighted by molar-refractivity contribution is 0.308. The molecule has 0 radical (unpaired) electrons. The van der Waals surface area contributed by atoms with E-state index >= 15 is 0 Å². The lowest BCUT2D eigenvalue weighted by atomic mass is 10.3. The second-order valence-electron chi connectivity index (χ2n) is 4.29. The van der Waals surface area contributed by atoms with Crippen LogP contribution in [0, 0.1) is 0 Å². The summed E-state index contributed by atoms with van der Waals surface area (Å²) in [6.07, 6.45) is 1.69. The fourth-order valence-electron chi connectivity index (χ4n) is 2.01. The van der Waals surface area contributed by atoms with Crippen LogP contribution in [0.3, 0.4) is 0 Å². The molecule has 0 amide bonds. The Hall–Kier alpha value is -1.41. The fraction of sp³-hybridized carbons (Fsp3) is 0.167. The molecule has 2 aromatic rings. The summed E-state index contributed by atoms with van der Waals surface area (Å²) in [6, 6.07) is 5.19. The van der Waals surface area contributed by atoms with Crippen molar-refractivity contribution in [1.82, 2.24) is 25.9 Å². The van der Waals surface area contributed by atoms with E-state index in [1.165, 1.54) is 0 Å². The molecule has 1 aliphatic heterocycles. The Morgan fingerprint density at radius 3 is 2.90 bits per heavy atom. The first kappa shape index (κ1) is 14.5. The van der Waals surface area contributed by atoms with E-state index in [1.54, 1.807) is 29.1 Å². The Morgan fingerprint density at radius 1 is 1.33 bits per heavy atom. The van der Waals surface area contributed by atoms with Gasteiger partial charge in [-0.3, -0.25) is 5.01 Å². The van der Waals surface area contributed by atoms with Crippen molar-refractivity contribution in [2.45, 2.75) is 11.9 Å². The molecule has 6 nitrogen and oxygen atoms in total. The Kier molecular flexibility index (Phi) is 3.99. The molecule has 0 bridgehead atoms. The Morgan fingerprint density at radius 2 is 2.14 bits per heavy atom. The van der Waals surface area contributed by atoms with Gasteiger partial charge in [-0.05, 0) is 25.1 Å². The van der Waals surface area contributed by atoms with Crippen molar-refractivity contribution in [3.05, 3.63) is 40.0 Å². The number of rotatable bonds is 3. The molecule has 3 rings (SSSR count). The number of nitrogens with one attached hydrogen (secondary N) is 2. The van der Waals surface area contributed by atoms with Gasteiger partial charge in [0.1, 0.15) is 5.03 Å². The molecule has 21 heavy (non-hydrogen) atoms. The van der Waals surface area contributed by atoms with Gasteiger partial charge in [0.2, 0.25) is 0 Å². The number of hydrogen-bond donors (Lipinski definition) is 3. The third-order valence-corrected chi connectivity index (χ3v) is 4.02. The van der Waals surface area contributed by atoms with Crippen LogP contribution in [-0.4, -0.2) is 27.2 Å². The molecule has 0 unspecified atom stereocenters. The average molecular weight is 343 g/mol. The maximum atomic E-state index is 6.21. The van der Waals surface area contributed by atoms with Crippen molar-refractivity contribution in [3.63, 3.8) is 0 Å². The molecule has 1 aromatic carbocycles. The number of nitrogens with zero attached hydrogens (tertiary/aromatic N) is 4. The Bertz CT molecular complexity index is 714. The Balaban J connectivity index is 2.06. The molecule has 0 spiro atoms. The predicted molar refractivity (Wildman–Crippen MR) is 86.0 cm³/mol. The van der Waals surface area contributed by atoms with Gasteiger partial charge >= 0.3 is 0 Å². The SMILES string of the molecule is CCN1NNN=C1c1cnn(-c2cc(Cl)ccc2Cl)c1S. The van der Waals surface area contributed by atoms with Crippen LogP contribution >= 0.6 is 35.8 Å². The van der Waals surface area contributed by atoms with Gasteiger partial charge in [0, 0.05) is 11.6 Å². The van der Waals surface area contributed by atoms with Crippen molar-refractivity contribution < 1.29 is 0 Å². The maximum Gasteiger partial charge on any atom is 0.177 e. The molecular formula is C12H12Cl2N6S. The topological polar surface area (TPSA) is 57.5 Å². The summed E-state index contributed by atoms with van der Waals surface area (Å²) in [5.74, 6) is 0.715. The van der Waals surface area contributed by atoms with Gasteiger partial charge in [0.25, 0.3) is 0 Å². The molecule has 2 N–H and O–H groups in total. The summed E-state index contributed by atoms with van der Waals surface area (Å²) in [4.78, 5) is 0. The summed E-state index contributed by atoms with van der Waals surface area (Å²) in [5, 5.41) is 12.1. The van der Waals surface area contributed by atoms with Crippen molar-refractivity contribution >= 4 is 41.7 Å². The molecule has 110 valence electrons. The van der Waals surface area contributed by atoms with E-state index in [-0.39, 0.29) is 0 Å². The molecule has 0 aliphatic carbocycles. The minimum absolute atomic E-state index is 0.543. The van der Waals surface area contributed by atoms with Crippen LogP contribution in [0.2, 0.25) is 10.0 Å². The quantitative estimate of drug-likeness (QED) is 0.750. The van der Waals surface area contributed by atoms with Crippen LogP contribution in [0.5, 0.6) is 0 Å². The second kappa shape index (κ2) is 5.76. The monoisotopic (exact) mass is 342 g/mol. The van der Waals surface area contributed by atoms with Crippen LogP contribution in [0.4, 0.5) is 0 Å². The number of hydrazine groups is 2. The van der Waals surface area contributed by atoms with E-state index < -0.39 is 0 Å². The zero-order chi connectivity index (χ0) is 15.0. The van der Waals surface area contributed by atoms with Crippen LogP contribution in [0.15, 0.2) is 34.5 Å². The summed E-state index contributed by atoms with van der Waals surface area (Å²) in [5.41, 5.74) is 7.08. The van der Waals surface area contributed by atoms with Crippen molar-refractivity contribution in [2.75, 3.05) is 6.54 Å². The summed E-state index contributed by atoms with van der Waals surface area (Å²) in [6.45, 7) is 2.74. The third kappa shape index (κ3) is 2.57. The standard InChI is InChI=1S/C12H12Cl2N6S/c1-2-19-11(16-17-18-19)8-6-15-20(12(8)21)10-5-7(13)3-4-9(10)14/h3-6,17-18,21H,2H2,1H3. The predicted octanol–water partition coefficient (Wildman–Crippen LogP) is 2.47. The smallest absolute Gasteiger partial charge is 0.177 e. The first-order valence-electron chi connectivity index (χ1n) is 6.20. The normalized spacial score (nSPS) is 14.3. The summed E-state index contributed by atoms with van der Waals surface area (Å²) < 4.78 is 1.63. The number of hydrogen-bond acceptors (Lipinski definition) is 6. The largest absolute Gasteiger partial charge is 0.271 e. The molecule has 0 fully saturated rings. The highest BCUT2D eigenvalue weighted by Gasteiger charge is 2.23. The minimum Gasteiger partial charge on any atom is -0.271 e. The molecule has 0 atom stereocenters. The lowest BCUT2D eigenvalue weighted by Gasteiger charge is -2.15. The minimum atomic E-state index is 0.543. The van der Waals surface area contributed by atoms with Gasteiger partial charge in [-0.15, -0.1) is 23.3 Å². The van der Waals surface area contributed by atoms with E-state index in [4.69, 9.17) is 23.2 Å². The molecule has 1 aromatic heterocycles. The van der Waals surface area contributed by atoms with Crippen LogP contribution in [-0.2, 0) is 0 Å². The summed E-state index contributed by atoms with van der Waals surface area (Å²) in [7, 11) is 0. The number of amidine groups is 1. The number of hydrazone groups is 1. The van der Waals surface area contributed by atoms with Gasteiger partial charge < -0.3 is 0 Å². The maximum absolute atomic E-state index is 6.21. The van der Waals surface area contributed by atoms with Gasteiger partial charge in [0.15, 0.2) is 5.84 Å². The lowest BCUT2D eigenvalue weighted by Crippen LogP contribution is -2.40. The Labute approximate surface area is 137 Å². The van der Waals surface area contributed by atoms with Crippen LogP contribution in [0.25, 0.3) is 5.69 Å². The summed E-state index contributed by atoms with van der Waals surface area (Å²) >= 11 is 16.8. The molecule has 0 saturated heterocycles. The molecule has 9 heteroatoms. The first-order valence-corrected chi connectivity index (χ1v) is 7.40. The highest BCUT2D eigenvalue weighted by atomic mass is 35.5. The van der Waals surface area contributed by atoms with Crippen LogP contribution < -0.4 is 11.1 Å². The second-order valence-corrected chi connectivity index (χ2v) is 5.56.